The first-order valence-electron chi connectivity index (χ1n) is 9.20. The van der Waals surface area contributed by atoms with Crippen molar-refractivity contribution < 1.29 is 14.3 Å². The Bertz CT molecular complexity index is 827. The predicted octanol–water partition coefficient (Wildman–Crippen LogP) is 4.05. The molecule has 1 aromatic heterocycles. The number of nitrogens with one attached hydrogen (secondary N) is 3. The summed E-state index contributed by atoms with van der Waals surface area (Å²) in [5, 5.41) is 12.6. The Kier molecular flexibility index (Phi) is 6.93. The molecule has 1 saturated carbocycles. The second-order valence-corrected chi connectivity index (χ2v) is 7.43. The van der Waals surface area contributed by atoms with Gasteiger partial charge in [-0.15, -0.1) is 0 Å². The second-order valence-electron chi connectivity index (χ2n) is 6.61. The van der Waals surface area contributed by atoms with Crippen molar-refractivity contribution in [2.24, 2.45) is 0 Å². The molecule has 7 nitrogen and oxygen atoms in total. The van der Waals surface area contributed by atoms with E-state index in [1.807, 2.05) is 6.92 Å². The zero-order chi connectivity index (χ0) is 20.1. The summed E-state index contributed by atoms with van der Waals surface area (Å²) < 4.78 is 5.63. The number of anilines is 1. The van der Waals surface area contributed by atoms with Crippen LogP contribution in [0.1, 0.15) is 53.5 Å². The molecule has 28 heavy (non-hydrogen) atoms. The molecule has 1 aliphatic carbocycles. The van der Waals surface area contributed by atoms with Crippen LogP contribution in [0.5, 0.6) is 0 Å². The summed E-state index contributed by atoms with van der Waals surface area (Å²) >= 11 is 12.1. The Morgan fingerprint density at radius 1 is 1.18 bits per heavy atom. The third-order valence-corrected chi connectivity index (χ3v) is 5.35. The van der Waals surface area contributed by atoms with Crippen LogP contribution in [0.15, 0.2) is 24.4 Å². The lowest BCUT2D eigenvalue weighted by Gasteiger charge is -2.28. The van der Waals surface area contributed by atoms with E-state index in [-0.39, 0.29) is 45.0 Å². The molecule has 0 aliphatic heterocycles. The number of aromatic amines is 1. The van der Waals surface area contributed by atoms with Crippen molar-refractivity contribution in [1.82, 2.24) is 15.5 Å². The van der Waals surface area contributed by atoms with Crippen molar-refractivity contribution in [2.45, 2.75) is 44.8 Å². The van der Waals surface area contributed by atoms with Gasteiger partial charge in [-0.05, 0) is 44.7 Å². The SMILES string of the molecule is CCOC1CCC(NC(=O)c2[nH]ncc2NC(=O)c2c(Cl)cccc2Cl)CC1. The van der Waals surface area contributed by atoms with E-state index in [9.17, 15) is 9.59 Å². The van der Waals surface area contributed by atoms with E-state index in [1.54, 1.807) is 18.2 Å². The average Bonchev–Trinajstić information content (AvgIpc) is 3.11. The summed E-state index contributed by atoms with van der Waals surface area (Å²) in [5.74, 6) is -0.832. The fourth-order valence-electron chi connectivity index (χ4n) is 3.32. The predicted molar refractivity (Wildman–Crippen MR) is 108 cm³/mol. The van der Waals surface area contributed by atoms with Crippen molar-refractivity contribution in [3.05, 3.63) is 45.7 Å². The lowest BCUT2D eigenvalue weighted by Crippen LogP contribution is -2.39. The molecule has 0 atom stereocenters. The molecule has 0 unspecified atom stereocenters. The van der Waals surface area contributed by atoms with Crippen LogP contribution in [0.3, 0.4) is 0 Å². The first kappa shape index (κ1) is 20.6. The van der Waals surface area contributed by atoms with E-state index >= 15 is 0 Å². The van der Waals surface area contributed by atoms with Crippen LogP contribution in [-0.2, 0) is 4.74 Å². The number of nitrogens with zero attached hydrogens (tertiary/aromatic N) is 1. The molecular formula is C19H22Cl2N4O3. The van der Waals surface area contributed by atoms with Crippen molar-refractivity contribution >= 4 is 40.7 Å². The Morgan fingerprint density at radius 2 is 1.86 bits per heavy atom. The summed E-state index contributed by atoms with van der Waals surface area (Å²) in [6, 6.07) is 4.86. The first-order valence-corrected chi connectivity index (χ1v) is 9.96. The Balaban J connectivity index is 1.63. The Morgan fingerprint density at radius 3 is 2.50 bits per heavy atom. The topological polar surface area (TPSA) is 96.1 Å². The first-order chi connectivity index (χ1) is 13.5. The summed E-state index contributed by atoms with van der Waals surface area (Å²) in [4.78, 5) is 25.2. The van der Waals surface area contributed by atoms with Crippen molar-refractivity contribution in [3.63, 3.8) is 0 Å². The lowest BCUT2D eigenvalue weighted by molar-refractivity contribution is 0.0300. The van der Waals surface area contributed by atoms with Gasteiger partial charge < -0.3 is 15.4 Å². The maximum absolute atomic E-state index is 12.6. The maximum Gasteiger partial charge on any atom is 0.271 e. The molecule has 1 fully saturated rings. The molecule has 0 spiro atoms. The van der Waals surface area contributed by atoms with E-state index < -0.39 is 5.91 Å². The van der Waals surface area contributed by atoms with Gasteiger partial charge in [0, 0.05) is 12.6 Å². The fraction of sp³-hybridized carbons (Fsp3) is 0.421. The highest BCUT2D eigenvalue weighted by Crippen LogP contribution is 2.26. The third kappa shape index (κ3) is 4.84. The number of rotatable bonds is 6. The number of benzene rings is 1. The van der Waals surface area contributed by atoms with Gasteiger partial charge in [0.1, 0.15) is 5.69 Å². The lowest BCUT2D eigenvalue weighted by atomic mass is 9.93. The highest BCUT2D eigenvalue weighted by Gasteiger charge is 2.25. The van der Waals surface area contributed by atoms with Gasteiger partial charge in [0.05, 0.1) is 33.6 Å². The maximum atomic E-state index is 12.6. The van der Waals surface area contributed by atoms with Gasteiger partial charge in [-0.25, -0.2) is 0 Å². The summed E-state index contributed by atoms with van der Waals surface area (Å²) in [5.41, 5.74) is 0.595. The number of amides is 2. The molecule has 1 heterocycles. The van der Waals surface area contributed by atoms with Gasteiger partial charge in [0.2, 0.25) is 0 Å². The highest BCUT2D eigenvalue weighted by molar-refractivity contribution is 6.40. The van der Waals surface area contributed by atoms with E-state index in [0.29, 0.717) is 6.61 Å². The summed E-state index contributed by atoms with van der Waals surface area (Å²) in [7, 11) is 0. The third-order valence-electron chi connectivity index (χ3n) is 4.72. The minimum absolute atomic E-state index is 0.0640. The molecule has 0 bridgehead atoms. The van der Waals surface area contributed by atoms with Crippen LogP contribution in [0.25, 0.3) is 0 Å². The molecule has 3 rings (SSSR count). The Hall–Kier alpha value is -2.09. The van der Waals surface area contributed by atoms with E-state index in [2.05, 4.69) is 20.8 Å². The molecule has 150 valence electrons. The van der Waals surface area contributed by atoms with Crippen LogP contribution >= 0.6 is 23.2 Å². The average molecular weight is 425 g/mol. The molecular weight excluding hydrogens is 403 g/mol. The van der Waals surface area contributed by atoms with Crippen LogP contribution in [-0.4, -0.2) is 40.8 Å². The van der Waals surface area contributed by atoms with Crippen LogP contribution in [0, 0.1) is 0 Å². The van der Waals surface area contributed by atoms with Gasteiger partial charge in [0.25, 0.3) is 11.8 Å². The van der Waals surface area contributed by atoms with E-state index in [0.717, 1.165) is 25.7 Å². The van der Waals surface area contributed by atoms with Gasteiger partial charge in [-0.2, -0.15) is 5.10 Å². The fourth-order valence-corrected chi connectivity index (χ4v) is 3.89. The highest BCUT2D eigenvalue weighted by atomic mass is 35.5. The molecule has 1 aliphatic rings. The number of aromatic nitrogens is 2. The molecule has 0 saturated heterocycles. The van der Waals surface area contributed by atoms with Crippen LogP contribution in [0.4, 0.5) is 5.69 Å². The monoisotopic (exact) mass is 424 g/mol. The smallest absolute Gasteiger partial charge is 0.271 e. The number of hydrogen-bond acceptors (Lipinski definition) is 4. The summed E-state index contributed by atoms with van der Waals surface area (Å²) in [6.45, 7) is 2.69. The molecule has 1 aromatic carbocycles. The number of hydrogen-bond donors (Lipinski definition) is 3. The van der Waals surface area contributed by atoms with Crippen LogP contribution in [0.2, 0.25) is 10.0 Å². The Labute approximate surface area is 173 Å². The number of carbonyl (C=O) groups excluding carboxylic acids is 2. The number of halogens is 2. The number of ether oxygens (including phenoxy) is 1. The van der Waals surface area contributed by atoms with Gasteiger partial charge in [-0.3, -0.25) is 14.7 Å². The van der Waals surface area contributed by atoms with Gasteiger partial charge >= 0.3 is 0 Å². The van der Waals surface area contributed by atoms with Crippen molar-refractivity contribution in [2.75, 3.05) is 11.9 Å². The molecule has 2 amide bonds. The molecule has 3 N–H and O–H groups in total. The van der Waals surface area contributed by atoms with E-state index in [1.165, 1.54) is 6.20 Å². The number of H-pyrrole nitrogens is 1. The minimum Gasteiger partial charge on any atom is -0.379 e. The van der Waals surface area contributed by atoms with Crippen molar-refractivity contribution in [3.8, 4) is 0 Å². The number of carbonyl (C=O) groups is 2. The molecule has 9 heteroatoms. The van der Waals surface area contributed by atoms with Crippen molar-refractivity contribution in [1.29, 1.82) is 0 Å². The second kappa shape index (κ2) is 9.41. The summed E-state index contributed by atoms with van der Waals surface area (Å²) in [6.07, 6.45) is 5.17. The zero-order valence-corrected chi connectivity index (χ0v) is 16.9. The van der Waals surface area contributed by atoms with Gasteiger partial charge in [-0.1, -0.05) is 29.3 Å². The molecule has 0 radical (unpaired) electrons. The van der Waals surface area contributed by atoms with E-state index in [4.69, 9.17) is 27.9 Å². The van der Waals surface area contributed by atoms with Gasteiger partial charge in [0.15, 0.2) is 0 Å². The van der Waals surface area contributed by atoms with Crippen LogP contribution < -0.4 is 10.6 Å². The minimum atomic E-state index is -0.511. The normalized spacial score (nSPS) is 19.2. The zero-order valence-electron chi connectivity index (χ0n) is 15.4. The standard InChI is InChI=1S/C19H22Cl2N4O3/c1-2-28-12-8-6-11(7-9-12)23-19(27)17-15(10-22-25-17)24-18(26)16-13(20)4-3-5-14(16)21/h3-5,10-12H,2,6-9H2,1H3,(H,22,25)(H,23,27)(H,24,26). The quantitative estimate of drug-likeness (QED) is 0.651. The largest absolute Gasteiger partial charge is 0.379 e. The molecule has 2 aromatic rings.